The Bertz CT molecular complexity index is 2980. The van der Waals surface area contributed by atoms with E-state index in [-0.39, 0.29) is 5.41 Å². The Kier molecular flexibility index (Phi) is 5.27. The van der Waals surface area contributed by atoms with Crippen molar-refractivity contribution in [3.05, 3.63) is 151 Å². The van der Waals surface area contributed by atoms with Crippen molar-refractivity contribution >= 4 is 84.8 Å². The van der Waals surface area contributed by atoms with Gasteiger partial charge in [0.15, 0.2) is 0 Å². The molecule has 0 unspecified atom stereocenters. The van der Waals surface area contributed by atoms with Crippen LogP contribution in [0.4, 0.5) is 0 Å². The van der Waals surface area contributed by atoms with Crippen LogP contribution in [-0.4, -0.2) is 4.57 Å². The summed E-state index contributed by atoms with van der Waals surface area (Å²) in [5.41, 5.74) is 11.9. The van der Waals surface area contributed by atoms with Crippen molar-refractivity contribution < 1.29 is 0 Å². The Balaban J connectivity index is 1.15. The molecule has 0 saturated heterocycles. The average molecular weight is 648 g/mol. The van der Waals surface area contributed by atoms with E-state index in [0.717, 1.165) is 0 Å². The average Bonchev–Trinajstić information content (AvgIpc) is 3.84. The first-order chi connectivity index (χ1) is 23.6. The number of benzene rings is 7. The third-order valence-corrected chi connectivity index (χ3v) is 13.1. The molecule has 0 radical (unpaired) electrons. The first-order valence-corrected chi connectivity index (χ1v) is 18.2. The maximum absolute atomic E-state index is 2.52. The predicted octanol–water partition coefficient (Wildman–Crippen LogP) is 13.5. The number of nitrogens with zero attached hydrogens (tertiary/aromatic N) is 1. The van der Waals surface area contributed by atoms with Gasteiger partial charge >= 0.3 is 0 Å². The molecule has 0 spiro atoms. The van der Waals surface area contributed by atoms with Gasteiger partial charge in [-0.1, -0.05) is 105 Å². The third-order valence-electron chi connectivity index (χ3n) is 10.8. The van der Waals surface area contributed by atoms with E-state index < -0.39 is 0 Å². The van der Waals surface area contributed by atoms with E-state index in [1.165, 1.54) is 101 Å². The summed E-state index contributed by atoms with van der Waals surface area (Å²) in [6.07, 6.45) is 0. The summed E-state index contributed by atoms with van der Waals surface area (Å²) in [5.74, 6) is 0. The zero-order valence-corrected chi connectivity index (χ0v) is 28.2. The minimum Gasteiger partial charge on any atom is -0.309 e. The molecule has 0 amide bonds. The van der Waals surface area contributed by atoms with E-state index in [9.17, 15) is 0 Å². The minimum atomic E-state index is -0.0361. The fourth-order valence-electron chi connectivity index (χ4n) is 8.59. The molecule has 48 heavy (non-hydrogen) atoms. The maximum Gasteiger partial charge on any atom is 0.0555 e. The van der Waals surface area contributed by atoms with Crippen molar-refractivity contribution in [2.45, 2.75) is 19.3 Å². The lowest BCUT2D eigenvalue weighted by Crippen LogP contribution is -2.14. The Morgan fingerprint density at radius 3 is 2.12 bits per heavy atom. The van der Waals surface area contributed by atoms with E-state index >= 15 is 0 Å². The molecule has 0 bridgehead atoms. The van der Waals surface area contributed by atoms with Crippen molar-refractivity contribution in [2.75, 3.05) is 0 Å². The maximum atomic E-state index is 2.52. The highest BCUT2D eigenvalue weighted by Crippen LogP contribution is 2.53. The molecule has 0 atom stereocenters. The molecule has 0 saturated carbocycles. The lowest BCUT2D eigenvalue weighted by Gasteiger charge is -2.21. The highest BCUT2D eigenvalue weighted by molar-refractivity contribution is 7.26. The summed E-state index contributed by atoms with van der Waals surface area (Å²) in [6, 6.07) is 52.4. The van der Waals surface area contributed by atoms with Crippen LogP contribution >= 0.6 is 22.7 Å². The summed E-state index contributed by atoms with van der Waals surface area (Å²) in [6.45, 7) is 4.74. The van der Waals surface area contributed by atoms with Crippen LogP contribution in [0.25, 0.3) is 90.1 Å². The van der Waals surface area contributed by atoms with Gasteiger partial charge in [0.25, 0.3) is 0 Å². The topological polar surface area (TPSA) is 4.93 Å². The molecule has 11 rings (SSSR count). The highest BCUT2D eigenvalue weighted by Gasteiger charge is 2.37. The first-order valence-electron chi connectivity index (χ1n) is 16.6. The molecule has 3 heteroatoms. The standard InChI is InChI=1S/C45H29NS2/c1-45(2)33-13-6-3-11-29(33)42-34(45)21-22-37-44(42)30-12-4-7-14-35(30)46(37)36-15-9-17-40-43(36)31-20-18-27(25-41(31)48-40)26-19-23-39-32(24-26)28-10-5-8-16-38(28)47-39/h3-25H,1-2H3. The van der Waals surface area contributed by atoms with Crippen molar-refractivity contribution in [3.8, 4) is 27.9 Å². The number of rotatable bonds is 2. The lowest BCUT2D eigenvalue weighted by atomic mass is 9.82. The van der Waals surface area contributed by atoms with Gasteiger partial charge in [-0.25, -0.2) is 0 Å². The van der Waals surface area contributed by atoms with Crippen molar-refractivity contribution in [1.82, 2.24) is 4.57 Å². The molecular formula is C45H29NS2. The molecular weight excluding hydrogens is 619 g/mol. The molecule has 0 N–H and O–H groups in total. The van der Waals surface area contributed by atoms with Gasteiger partial charge in [-0.3, -0.25) is 0 Å². The number of aromatic nitrogens is 1. The van der Waals surface area contributed by atoms with E-state index in [1.807, 2.05) is 22.7 Å². The Hall–Kier alpha value is -5.22. The van der Waals surface area contributed by atoms with E-state index in [2.05, 4.69) is 158 Å². The fraction of sp³-hybridized carbons (Fsp3) is 0.0667. The normalized spacial score (nSPS) is 13.8. The zero-order valence-electron chi connectivity index (χ0n) is 26.5. The van der Waals surface area contributed by atoms with E-state index in [0.29, 0.717) is 0 Å². The fourth-order valence-corrected chi connectivity index (χ4v) is 10.8. The molecule has 10 aromatic rings. The van der Waals surface area contributed by atoms with Gasteiger partial charge in [-0.05, 0) is 81.9 Å². The second-order valence-electron chi connectivity index (χ2n) is 13.7. The largest absolute Gasteiger partial charge is 0.309 e. The van der Waals surface area contributed by atoms with Crippen LogP contribution in [0.5, 0.6) is 0 Å². The van der Waals surface area contributed by atoms with Crippen LogP contribution in [0.15, 0.2) is 140 Å². The van der Waals surface area contributed by atoms with Crippen LogP contribution < -0.4 is 0 Å². The third kappa shape index (κ3) is 3.45. The number of hydrogen-bond donors (Lipinski definition) is 0. The van der Waals surface area contributed by atoms with Gasteiger partial charge in [-0.2, -0.15) is 0 Å². The molecule has 7 aromatic carbocycles. The molecule has 0 aliphatic heterocycles. The molecule has 1 aliphatic rings. The quantitative estimate of drug-likeness (QED) is 0.176. The van der Waals surface area contributed by atoms with Crippen molar-refractivity contribution in [3.63, 3.8) is 0 Å². The van der Waals surface area contributed by atoms with Gasteiger partial charge in [0.2, 0.25) is 0 Å². The highest BCUT2D eigenvalue weighted by atomic mass is 32.1. The molecule has 3 heterocycles. The molecule has 1 aliphatic carbocycles. The second kappa shape index (κ2) is 9.44. The number of para-hydroxylation sites is 1. The van der Waals surface area contributed by atoms with E-state index in [4.69, 9.17) is 0 Å². The van der Waals surface area contributed by atoms with Crippen LogP contribution in [0, 0.1) is 0 Å². The lowest BCUT2D eigenvalue weighted by molar-refractivity contribution is 0.661. The molecule has 1 nitrogen and oxygen atoms in total. The Morgan fingerprint density at radius 1 is 0.458 bits per heavy atom. The summed E-state index contributed by atoms with van der Waals surface area (Å²) in [7, 11) is 0. The first kappa shape index (κ1) is 26.8. The summed E-state index contributed by atoms with van der Waals surface area (Å²) < 4.78 is 7.85. The van der Waals surface area contributed by atoms with Gasteiger partial charge in [0, 0.05) is 56.5 Å². The van der Waals surface area contributed by atoms with E-state index in [1.54, 1.807) is 0 Å². The Labute approximate surface area is 285 Å². The van der Waals surface area contributed by atoms with Gasteiger partial charge in [-0.15, -0.1) is 22.7 Å². The van der Waals surface area contributed by atoms with Crippen LogP contribution in [0.2, 0.25) is 0 Å². The predicted molar refractivity (Wildman–Crippen MR) is 210 cm³/mol. The zero-order chi connectivity index (χ0) is 31.7. The van der Waals surface area contributed by atoms with Crippen molar-refractivity contribution in [1.29, 1.82) is 0 Å². The SMILES string of the molecule is CC1(C)c2ccccc2-c2c1ccc1c2c2ccccc2n1-c1cccc2sc3cc(-c4ccc5sc6ccccc6c5c4)ccc3c12. The monoisotopic (exact) mass is 647 g/mol. The number of hydrogen-bond acceptors (Lipinski definition) is 2. The van der Waals surface area contributed by atoms with Crippen LogP contribution in [-0.2, 0) is 5.41 Å². The van der Waals surface area contributed by atoms with Crippen LogP contribution in [0.1, 0.15) is 25.0 Å². The van der Waals surface area contributed by atoms with Gasteiger partial charge in [0.05, 0.1) is 16.7 Å². The molecule has 3 aromatic heterocycles. The summed E-state index contributed by atoms with van der Waals surface area (Å²) in [5, 5.41) is 8.00. The number of fused-ring (bicyclic) bond motifs is 13. The number of thiophene rings is 2. The molecule has 0 fully saturated rings. The second-order valence-corrected chi connectivity index (χ2v) is 15.8. The summed E-state index contributed by atoms with van der Waals surface area (Å²) in [4.78, 5) is 0. The van der Waals surface area contributed by atoms with Gasteiger partial charge < -0.3 is 4.57 Å². The van der Waals surface area contributed by atoms with Gasteiger partial charge in [0.1, 0.15) is 0 Å². The van der Waals surface area contributed by atoms with Crippen molar-refractivity contribution in [2.24, 2.45) is 0 Å². The minimum absolute atomic E-state index is 0.0361. The Morgan fingerprint density at radius 2 is 1.19 bits per heavy atom. The summed E-state index contributed by atoms with van der Waals surface area (Å²) >= 11 is 3.78. The smallest absolute Gasteiger partial charge is 0.0555 e. The molecule has 226 valence electrons. The van der Waals surface area contributed by atoms with Crippen LogP contribution in [0.3, 0.4) is 0 Å².